The highest BCUT2D eigenvalue weighted by molar-refractivity contribution is 5.92. The van der Waals surface area contributed by atoms with Gasteiger partial charge in [-0.1, -0.05) is 36.4 Å². The normalized spacial score (nSPS) is 20.1. The molecule has 3 heteroatoms. The third-order valence-electron chi connectivity index (χ3n) is 5.28. The number of hydrogen-bond acceptors (Lipinski definition) is 3. The van der Waals surface area contributed by atoms with Crippen LogP contribution in [0.4, 0.5) is 0 Å². The lowest BCUT2D eigenvalue weighted by atomic mass is 9.85. The molecule has 2 aromatic rings. The van der Waals surface area contributed by atoms with Crippen LogP contribution in [0.3, 0.4) is 0 Å². The number of methoxy groups -OCH3 is 1. The van der Waals surface area contributed by atoms with E-state index in [1.807, 2.05) is 18.2 Å². The number of fused-ring (bicyclic) bond motifs is 1. The monoisotopic (exact) mass is 333 g/mol. The zero-order chi connectivity index (χ0) is 17.2. The number of hydrogen-bond donors (Lipinski definition) is 1. The molecule has 0 amide bonds. The second kappa shape index (κ2) is 6.75. The van der Waals surface area contributed by atoms with Crippen molar-refractivity contribution in [2.24, 2.45) is 0 Å². The third-order valence-corrected chi connectivity index (χ3v) is 5.28. The van der Waals surface area contributed by atoms with Crippen molar-refractivity contribution in [3.63, 3.8) is 0 Å². The number of carbonyl (C=O) groups excluding carboxylic acids is 1. The van der Waals surface area contributed by atoms with Crippen molar-refractivity contribution in [3.8, 4) is 5.75 Å². The summed E-state index contributed by atoms with van der Waals surface area (Å²) in [6, 6.07) is 17.1. The Balaban J connectivity index is 1.45. The zero-order valence-corrected chi connectivity index (χ0v) is 14.5. The molecule has 25 heavy (non-hydrogen) atoms. The molecule has 0 aromatic heterocycles. The van der Waals surface area contributed by atoms with Gasteiger partial charge in [0.05, 0.1) is 7.11 Å². The number of allylic oxidation sites excluding steroid dienone is 2. The van der Waals surface area contributed by atoms with E-state index in [0.717, 1.165) is 30.7 Å². The average Bonchev–Trinajstić information content (AvgIpc) is 3.03. The maximum Gasteiger partial charge on any atom is 0.158 e. The van der Waals surface area contributed by atoms with Gasteiger partial charge in [0.1, 0.15) is 5.75 Å². The SMILES string of the molecule is COc1ccc(C2CC(=O)C=C(NC3Cc4ccccc4C3)C2)cc1. The van der Waals surface area contributed by atoms with Gasteiger partial charge in [-0.25, -0.2) is 0 Å². The second-order valence-corrected chi connectivity index (χ2v) is 7.03. The summed E-state index contributed by atoms with van der Waals surface area (Å²) in [5.74, 6) is 1.31. The van der Waals surface area contributed by atoms with Crippen LogP contribution in [-0.2, 0) is 17.6 Å². The van der Waals surface area contributed by atoms with E-state index in [1.165, 1.54) is 16.7 Å². The summed E-state index contributed by atoms with van der Waals surface area (Å²) < 4.78 is 5.23. The van der Waals surface area contributed by atoms with Crippen LogP contribution in [-0.4, -0.2) is 18.9 Å². The first kappa shape index (κ1) is 15.9. The molecule has 0 saturated heterocycles. The van der Waals surface area contributed by atoms with Crippen molar-refractivity contribution in [2.75, 3.05) is 7.11 Å². The molecule has 0 aliphatic heterocycles. The fourth-order valence-electron chi connectivity index (χ4n) is 4.03. The summed E-state index contributed by atoms with van der Waals surface area (Å²) in [6.45, 7) is 0. The van der Waals surface area contributed by atoms with Crippen LogP contribution < -0.4 is 10.1 Å². The lowest BCUT2D eigenvalue weighted by molar-refractivity contribution is -0.115. The Morgan fingerprint density at radius 3 is 2.24 bits per heavy atom. The number of ether oxygens (including phenoxy) is 1. The lowest BCUT2D eigenvalue weighted by Crippen LogP contribution is -2.32. The molecular weight excluding hydrogens is 310 g/mol. The molecule has 0 fully saturated rings. The molecule has 1 atom stereocenters. The van der Waals surface area contributed by atoms with E-state index < -0.39 is 0 Å². The summed E-state index contributed by atoms with van der Waals surface area (Å²) in [6.07, 6.45) is 5.36. The summed E-state index contributed by atoms with van der Waals surface area (Å²) in [7, 11) is 1.67. The minimum Gasteiger partial charge on any atom is -0.497 e. The van der Waals surface area contributed by atoms with Gasteiger partial charge < -0.3 is 10.1 Å². The van der Waals surface area contributed by atoms with Crippen LogP contribution in [0.5, 0.6) is 5.75 Å². The molecule has 0 spiro atoms. The predicted molar refractivity (Wildman–Crippen MR) is 98.8 cm³/mol. The van der Waals surface area contributed by atoms with Gasteiger partial charge in [0.25, 0.3) is 0 Å². The molecule has 0 heterocycles. The van der Waals surface area contributed by atoms with E-state index in [9.17, 15) is 4.79 Å². The smallest absolute Gasteiger partial charge is 0.158 e. The number of nitrogens with one attached hydrogen (secondary N) is 1. The van der Waals surface area contributed by atoms with E-state index in [4.69, 9.17) is 4.74 Å². The van der Waals surface area contributed by atoms with Gasteiger partial charge >= 0.3 is 0 Å². The molecule has 2 aromatic carbocycles. The number of carbonyl (C=O) groups is 1. The maximum absolute atomic E-state index is 12.2. The summed E-state index contributed by atoms with van der Waals surface area (Å²) in [5, 5.41) is 3.63. The molecule has 0 bridgehead atoms. The summed E-state index contributed by atoms with van der Waals surface area (Å²) in [5.41, 5.74) is 5.13. The van der Waals surface area contributed by atoms with Gasteiger partial charge in [-0.2, -0.15) is 0 Å². The first-order valence-corrected chi connectivity index (χ1v) is 8.92. The Kier molecular flexibility index (Phi) is 4.31. The van der Waals surface area contributed by atoms with E-state index in [1.54, 1.807) is 7.11 Å². The molecule has 2 aliphatic rings. The lowest BCUT2D eigenvalue weighted by Gasteiger charge is -2.26. The zero-order valence-electron chi connectivity index (χ0n) is 14.5. The van der Waals surface area contributed by atoms with Crippen LogP contribution >= 0.6 is 0 Å². The van der Waals surface area contributed by atoms with Gasteiger partial charge in [0.2, 0.25) is 0 Å². The molecule has 1 N–H and O–H groups in total. The van der Waals surface area contributed by atoms with Gasteiger partial charge in [0.15, 0.2) is 5.78 Å². The number of benzene rings is 2. The highest BCUT2D eigenvalue weighted by Gasteiger charge is 2.26. The van der Waals surface area contributed by atoms with E-state index >= 15 is 0 Å². The average molecular weight is 333 g/mol. The van der Waals surface area contributed by atoms with E-state index in [0.29, 0.717) is 12.5 Å². The highest BCUT2D eigenvalue weighted by Crippen LogP contribution is 2.32. The minimum atomic E-state index is 0.213. The first-order valence-electron chi connectivity index (χ1n) is 8.92. The molecule has 1 unspecified atom stereocenters. The van der Waals surface area contributed by atoms with E-state index in [-0.39, 0.29) is 11.7 Å². The minimum absolute atomic E-state index is 0.213. The van der Waals surface area contributed by atoms with Crippen LogP contribution in [0.15, 0.2) is 60.3 Å². The Morgan fingerprint density at radius 2 is 1.60 bits per heavy atom. The van der Waals surface area contributed by atoms with Crippen molar-refractivity contribution in [2.45, 2.75) is 37.6 Å². The number of rotatable bonds is 4. The Morgan fingerprint density at radius 1 is 0.920 bits per heavy atom. The molecule has 0 radical (unpaired) electrons. The molecule has 4 rings (SSSR count). The van der Waals surface area contributed by atoms with Gasteiger partial charge in [0, 0.05) is 24.2 Å². The first-order chi connectivity index (χ1) is 12.2. The number of ketones is 1. The van der Waals surface area contributed by atoms with Crippen molar-refractivity contribution < 1.29 is 9.53 Å². The standard InChI is InChI=1S/C22H23NO2/c1-25-22-8-6-15(7-9-22)18-12-20(14-21(24)13-18)23-19-10-16-4-2-3-5-17(16)11-19/h2-9,14,18-19,23H,10-13H2,1H3. The Labute approximate surface area is 148 Å². The Hall–Kier alpha value is -2.55. The predicted octanol–water partition coefficient (Wildman–Crippen LogP) is 3.78. The van der Waals surface area contributed by atoms with Crippen LogP contribution in [0.1, 0.15) is 35.4 Å². The van der Waals surface area contributed by atoms with Gasteiger partial charge in [-0.3, -0.25) is 4.79 Å². The molecule has 0 saturated carbocycles. The molecular formula is C22H23NO2. The van der Waals surface area contributed by atoms with Crippen molar-refractivity contribution in [1.82, 2.24) is 5.32 Å². The van der Waals surface area contributed by atoms with Gasteiger partial charge in [-0.15, -0.1) is 0 Å². The fourth-order valence-corrected chi connectivity index (χ4v) is 4.03. The second-order valence-electron chi connectivity index (χ2n) is 7.03. The topological polar surface area (TPSA) is 38.3 Å². The maximum atomic E-state index is 12.2. The molecule has 3 nitrogen and oxygen atoms in total. The Bertz CT molecular complexity index is 782. The van der Waals surface area contributed by atoms with Crippen LogP contribution in [0.25, 0.3) is 0 Å². The van der Waals surface area contributed by atoms with E-state index in [2.05, 4.69) is 41.7 Å². The van der Waals surface area contributed by atoms with Crippen LogP contribution in [0, 0.1) is 0 Å². The van der Waals surface area contributed by atoms with Crippen molar-refractivity contribution in [1.29, 1.82) is 0 Å². The van der Waals surface area contributed by atoms with Crippen molar-refractivity contribution >= 4 is 5.78 Å². The van der Waals surface area contributed by atoms with Crippen molar-refractivity contribution in [3.05, 3.63) is 77.0 Å². The quantitative estimate of drug-likeness (QED) is 0.925. The fraction of sp³-hybridized carbons (Fsp3) is 0.318. The third kappa shape index (κ3) is 3.46. The highest BCUT2D eigenvalue weighted by atomic mass is 16.5. The van der Waals surface area contributed by atoms with Crippen LogP contribution in [0.2, 0.25) is 0 Å². The summed E-state index contributed by atoms with van der Waals surface area (Å²) in [4.78, 5) is 12.2. The van der Waals surface area contributed by atoms with Gasteiger partial charge in [-0.05, 0) is 54.0 Å². The largest absolute Gasteiger partial charge is 0.497 e. The molecule has 2 aliphatic carbocycles. The molecule has 128 valence electrons. The summed E-state index contributed by atoms with van der Waals surface area (Å²) >= 11 is 0.